The van der Waals surface area contributed by atoms with Crippen LogP contribution in [-0.2, 0) is 5.88 Å². The van der Waals surface area contributed by atoms with Gasteiger partial charge in [-0.25, -0.2) is 0 Å². The van der Waals surface area contributed by atoms with Crippen molar-refractivity contribution >= 4 is 11.6 Å². The molecule has 0 radical (unpaired) electrons. The molecule has 0 aliphatic rings. The van der Waals surface area contributed by atoms with Gasteiger partial charge in [0.05, 0.1) is 5.69 Å². The van der Waals surface area contributed by atoms with Gasteiger partial charge in [0.15, 0.2) is 0 Å². The summed E-state index contributed by atoms with van der Waals surface area (Å²) in [5.41, 5.74) is 8.21. The maximum Gasteiger partial charge on any atom is 0.0711 e. The maximum absolute atomic E-state index is 5.96. The molecule has 0 aliphatic heterocycles. The van der Waals surface area contributed by atoms with E-state index in [1.807, 2.05) is 12.3 Å². The van der Waals surface area contributed by atoms with Gasteiger partial charge in [0.1, 0.15) is 0 Å². The number of alkyl halides is 1. The second-order valence-corrected chi connectivity index (χ2v) is 5.81. The van der Waals surface area contributed by atoms with E-state index < -0.39 is 0 Å². The Hall–Kier alpha value is -2.12. The molecule has 0 fully saturated rings. The van der Waals surface area contributed by atoms with Gasteiger partial charge < -0.3 is 0 Å². The van der Waals surface area contributed by atoms with Crippen LogP contribution in [0.1, 0.15) is 16.7 Å². The predicted molar refractivity (Wildman–Crippen MR) is 94.1 cm³/mol. The van der Waals surface area contributed by atoms with Gasteiger partial charge >= 0.3 is 0 Å². The van der Waals surface area contributed by atoms with E-state index in [4.69, 9.17) is 11.6 Å². The van der Waals surface area contributed by atoms with E-state index in [1.165, 1.54) is 22.3 Å². The molecule has 0 bridgehead atoms. The quantitative estimate of drug-likeness (QED) is 0.560. The molecule has 1 aromatic heterocycles. The van der Waals surface area contributed by atoms with Gasteiger partial charge in [-0.2, -0.15) is 0 Å². The summed E-state index contributed by atoms with van der Waals surface area (Å²) < 4.78 is 0. The number of aromatic nitrogens is 1. The van der Waals surface area contributed by atoms with Crippen molar-refractivity contribution in [2.45, 2.75) is 19.7 Å². The second-order valence-electron chi connectivity index (χ2n) is 5.55. The first-order chi connectivity index (χ1) is 10.7. The minimum absolute atomic E-state index is 0.501. The molecule has 2 heteroatoms. The smallest absolute Gasteiger partial charge is 0.0711 e. The van der Waals surface area contributed by atoms with E-state index >= 15 is 0 Å². The average Bonchev–Trinajstić information content (AvgIpc) is 2.55. The molecule has 22 heavy (non-hydrogen) atoms. The Morgan fingerprint density at radius 3 is 2.36 bits per heavy atom. The minimum atomic E-state index is 0.501. The van der Waals surface area contributed by atoms with Gasteiger partial charge in [0.2, 0.25) is 0 Å². The summed E-state index contributed by atoms with van der Waals surface area (Å²) in [6.45, 7) is 4.27. The third-order valence-electron chi connectivity index (χ3n) is 3.85. The van der Waals surface area contributed by atoms with Gasteiger partial charge in [-0.15, -0.1) is 11.6 Å². The van der Waals surface area contributed by atoms with Crippen molar-refractivity contribution in [3.63, 3.8) is 0 Å². The molecule has 0 saturated heterocycles. The molecule has 3 aromatic rings. The van der Waals surface area contributed by atoms with Crippen molar-refractivity contribution in [3.05, 3.63) is 77.5 Å². The Morgan fingerprint density at radius 2 is 1.64 bits per heavy atom. The van der Waals surface area contributed by atoms with E-state index in [1.54, 1.807) is 0 Å². The largest absolute Gasteiger partial charge is 0.256 e. The van der Waals surface area contributed by atoms with E-state index in [0.29, 0.717) is 5.88 Å². The number of nitrogens with zero attached hydrogens (tertiary/aromatic N) is 1. The normalized spacial score (nSPS) is 10.7. The number of aryl methyl sites for hydroxylation is 2. The first-order valence-corrected chi connectivity index (χ1v) is 7.90. The molecule has 3 rings (SSSR count). The number of halogens is 1. The zero-order valence-corrected chi connectivity index (χ0v) is 13.6. The molecule has 0 saturated carbocycles. The molecule has 2 aromatic carbocycles. The Balaban J connectivity index is 2.18. The van der Waals surface area contributed by atoms with Crippen molar-refractivity contribution < 1.29 is 0 Å². The summed E-state index contributed by atoms with van der Waals surface area (Å²) in [4.78, 5) is 4.53. The van der Waals surface area contributed by atoms with Crippen LogP contribution in [0.15, 0.2) is 60.8 Å². The summed E-state index contributed by atoms with van der Waals surface area (Å²) in [7, 11) is 0. The summed E-state index contributed by atoms with van der Waals surface area (Å²) in [6, 6.07) is 19.0. The van der Waals surface area contributed by atoms with Crippen molar-refractivity contribution in [1.82, 2.24) is 4.98 Å². The summed E-state index contributed by atoms with van der Waals surface area (Å²) >= 11 is 5.96. The van der Waals surface area contributed by atoms with Crippen LogP contribution in [0.2, 0.25) is 0 Å². The zero-order chi connectivity index (χ0) is 15.5. The average molecular weight is 308 g/mol. The number of hydrogen-bond acceptors (Lipinski definition) is 1. The fourth-order valence-corrected chi connectivity index (χ4v) is 2.93. The fourth-order valence-electron chi connectivity index (χ4n) is 2.76. The highest BCUT2D eigenvalue weighted by atomic mass is 35.5. The number of hydrogen-bond donors (Lipinski definition) is 0. The number of pyridine rings is 1. The van der Waals surface area contributed by atoms with Crippen LogP contribution in [0, 0.1) is 13.8 Å². The lowest BCUT2D eigenvalue weighted by molar-refractivity contribution is 1.27. The third kappa shape index (κ3) is 2.90. The standard InChI is InChI=1S/C20H18ClN/c1-14-7-8-17(15(2)11-14)18-5-3-4-6-19(18)20-12-16(13-21)9-10-22-20/h3-12H,13H2,1-2H3. The highest BCUT2D eigenvalue weighted by Crippen LogP contribution is 2.33. The minimum Gasteiger partial charge on any atom is -0.256 e. The molecule has 110 valence electrons. The maximum atomic E-state index is 5.96. The number of benzene rings is 2. The Bertz CT molecular complexity index is 808. The highest BCUT2D eigenvalue weighted by molar-refractivity contribution is 6.17. The third-order valence-corrected chi connectivity index (χ3v) is 4.16. The molecular formula is C20H18ClN. The fraction of sp³-hybridized carbons (Fsp3) is 0.150. The molecule has 0 aliphatic carbocycles. The lowest BCUT2D eigenvalue weighted by atomic mass is 9.93. The second kappa shape index (κ2) is 6.33. The monoisotopic (exact) mass is 307 g/mol. The highest BCUT2D eigenvalue weighted by Gasteiger charge is 2.10. The molecule has 0 amide bonds. The van der Waals surface area contributed by atoms with Crippen molar-refractivity contribution in [3.8, 4) is 22.4 Å². The van der Waals surface area contributed by atoms with Crippen LogP contribution in [0.4, 0.5) is 0 Å². The van der Waals surface area contributed by atoms with E-state index in [9.17, 15) is 0 Å². The molecule has 0 unspecified atom stereocenters. The van der Waals surface area contributed by atoms with Crippen LogP contribution >= 0.6 is 11.6 Å². The van der Waals surface area contributed by atoms with Gasteiger partial charge in [-0.3, -0.25) is 4.98 Å². The van der Waals surface area contributed by atoms with Crippen molar-refractivity contribution in [2.75, 3.05) is 0 Å². The lowest BCUT2D eigenvalue weighted by Gasteiger charge is -2.13. The molecule has 1 nitrogen and oxygen atoms in total. The van der Waals surface area contributed by atoms with Crippen LogP contribution in [0.25, 0.3) is 22.4 Å². The SMILES string of the molecule is Cc1ccc(-c2ccccc2-c2cc(CCl)ccn2)c(C)c1. The van der Waals surface area contributed by atoms with Crippen molar-refractivity contribution in [2.24, 2.45) is 0 Å². The number of rotatable bonds is 3. The van der Waals surface area contributed by atoms with E-state index in [0.717, 1.165) is 16.8 Å². The predicted octanol–water partition coefficient (Wildman–Crippen LogP) is 5.77. The summed E-state index contributed by atoms with van der Waals surface area (Å²) in [6.07, 6.45) is 1.83. The summed E-state index contributed by atoms with van der Waals surface area (Å²) in [5.74, 6) is 0.501. The Morgan fingerprint density at radius 1 is 0.864 bits per heavy atom. The van der Waals surface area contributed by atoms with Gasteiger partial charge in [0.25, 0.3) is 0 Å². The Kier molecular flexibility index (Phi) is 4.26. The van der Waals surface area contributed by atoms with Crippen LogP contribution in [0.5, 0.6) is 0 Å². The topological polar surface area (TPSA) is 12.9 Å². The van der Waals surface area contributed by atoms with E-state index in [-0.39, 0.29) is 0 Å². The molecular weight excluding hydrogens is 290 g/mol. The van der Waals surface area contributed by atoms with Crippen LogP contribution in [0.3, 0.4) is 0 Å². The molecule has 1 heterocycles. The van der Waals surface area contributed by atoms with Crippen LogP contribution in [-0.4, -0.2) is 4.98 Å². The molecule has 0 atom stereocenters. The zero-order valence-electron chi connectivity index (χ0n) is 12.8. The Labute approximate surface area is 136 Å². The van der Waals surface area contributed by atoms with Gasteiger partial charge in [-0.1, -0.05) is 48.0 Å². The van der Waals surface area contributed by atoms with Gasteiger partial charge in [-0.05, 0) is 48.2 Å². The van der Waals surface area contributed by atoms with E-state index in [2.05, 4.69) is 67.4 Å². The first-order valence-electron chi connectivity index (χ1n) is 7.37. The summed E-state index contributed by atoms with van der Waals surface area (Å²) in [5, 5.41) is 0. The van der Waals surface area contributed by atoms with Crippen LogP contribution < -0.4 is 0 Å². The molecule has 0 spiro atoms. The van der Waals surface area contributed by atoms with Gasteiger partial charge in [0, 0.05) is 17.6 Å². The molecule has 0 N–H and O–H groups in total. The van der Waals surface area contributed by atoms with Crippen molar-refractivity contribution in [1.29, 1.82) is 0 Å². The first kappa shape index (κ1) is 14.8. The lowest BCUT2D eigenvalue weighted by Crippen LogP contribution is -1.91.